The molecule has 0 aliphatic rings. The highest BCUT2D eigenvalue weighted by atomic mass is 79.9. The second-order valence-electron chi connectivity index (χ2n) is 4.34. The zero-order valence-corrected chi connectivity index (χ0v) is 14.4. The Hall–Kier alpha value is 0.130. The van der Waals surface area contributed by atoms with Crippen LogP contribution in [-0.4, -0.2) is 25.3 Å². The quantitative estimate of drug-likeness (QED) is 0.655. The molecule has 1 atom stereocenters. The second kappa shape index (κ2) is 7.65. The molecule has 0 N–H and O–H groups in total. The average Bonchev–Trinajstić information content (AvgIpc) is 2.36. The molecular weight excluding hydrogens is 380 g/mol. The lowest BCUT2D eigenvalue weighted by atomic mass is 9.99. The van der Waals surface area contributed by atoms with Crippen LogP contribution in [-0.2, 0) is 16.3 Å². The van der Waals surface area contributed by atoms with E-state index in [1.54, 1.807) is 6.92 Å². The average molecular weight is 398 g/mol. The zero-order chi connectivity index (χ0) is 13.6. The Labute approximate surface area is 126 Å². The predicted octanol–water partition coefficient (Wildman–Crippen LogP) is 3.83. The Morgan fingerprint density at radius 1 is 1.28 bits per heavy atom. The molecule has 1 rings (SSSR count). The van der Waals surface area contributed by atoms with Gasteiger partial charge in [0.1, 0.15) is 9.84 Å². The Bertz CT molecular complexity index is 472. The van der Waals surface area contributed by atoms with Gasteiger partial charge >= 0.3 is 0 Å². The summed E-state index contributed by atoms with van der Waals surface area (Å²) in [6.45, 7) is 1.70. The monoisotopic (exact) mass is 396 g/mol. The van der Waals surface area contributed by atoms with E-state index in [0.29, 0.717) is 12.3 Å². The van der Waals surface area contributed by atoms with Gasteiger partial charge < -0.3 is 0 Å². The second-order valence-corrected chi connectivity index (χ2v) is 8.32. The van der Waals surface area contributed by atoms with Gasteiger partial charge in [0.2, 0.25) is 0 Å². The van der Waals surface area contributed by atoms with Gasteiger partial charge in [-0.25, -0.2) is 8.42 Å². The van der Waals surface area contributed by atoms with Crippen molar-refractivity contribution >= 4 is 41.7 Å². The van der Waals surface area contributed by atoms with Crippen LogP contribution in [0.1, 0.15) is 18.9 Å². The molecule has 0 bridgehead atoms. The van der Waals surface area contributed by atoms with Crippen LogP contribution in [0.2, 0.25) is 0 Å². The SMILES string of the molecule is CCS(=O)(=O)CCC(CBr)Cc1ccccc1Br. The number of hydrogen-bond acceptors (Lipinski definition) is 2. The smallest absolute Gasteiger partial charge is 0.150 e. The van der Waals surface area contributed by atoms with E-state index in [1.807, 2.05) is 18.2 Å². The highest BCUT2D eigenvalue weighted by Gasteiger charge is 2.15. The molecule has 0 aromatic heterocycles. The van der Waals surface area contributed by atoms with E-state index in [-0.39, 0.29) is 11.5 Å². The van der Waals surface area contributed by atoms with Crippen molar-refractivity contribution in [3.63, 3.8) is 0 Å². The molecule has 0 saturated carbocycles. The summed E-state index contributed by atoms with van der Waals surface area (Å²) in [5, 5.41) is 0.827. The maximum Gasteiger partial charge on any atom is 0.150 e. The van der Waals surface area contributed by atoms with Crippen LogP contribution in [0, 0.1) is 5.92 Å². The first-order chi connectivity index (χ1) is 8.48. The van der Waals surface area contributed by atoms with Gasteiger partial charge in [-0.3, -0.25) is 0 Å². The number of alkyl halides is 1. The molecule has 0 spiro atoms. The molecule has 0 aliphatic heterocycles. The summed E-state index contributed by atoms with van der Waals surface area (Å²) < 4.78 is 24.1. The van der Waals surface area contributed by atoms with Gasteiger partial charge in [0.05, 0.1) is 5.75 Å². The van der Waals surface area contributed by atoms with Crippen molar-refractivity contribution in [3.8, 4) is 0 Å². The lowest BCUT2D eigenvalue weighted by Crippen LogP contribution is -2.15. The van der Waals surface area contributed by atoms with Crippen LogP contribution in [0.4, 0.5) is 0 Å². The number of rotatable bonds is 7. The fourth-order valence-electron chi connectivity index (χ4n) is 1.70. The van der Waals surface area contributed by atoms with Gasteiger partial charge in [-0.05, 0) is 30.4 Å². The number of sulfone groups is 1. The lowest BCUT2D eigenvalue weighted by Gasteiger charge is -2.14. The predicted molar refractivity (Wildman–Crippen MR) is 84.1 cm³/mol. The van der Waals surface area contributed by atoms with Crippen LogP contribution in [0.5, 0.6) is 0 Å². The van der Waals surface area contributed by atoms with Gasteiger partial charge in [0, 0.05) is 15.6 Å². The van der Waals surface area contributed by atoms with Crippen LogP contribution < -0.4 is 0 Å². The van der Waals surface area contributed by atoms with Crippen LogP contribution >= 0.6 is 31.9 Å². The Kier molecular flexibility index (Phi) is 6.88. The van der Waals surface area contributed by atoms with Gasteiger partial charge in [-0.2, -0.15) is 0 Å². The lowest BCUT2D eigenvalue weighted by molar-refractivity contribution is 0.552. The number of hydrogen-bond donors (Lipinski definition) is 0. The first-order valence-electron chi connectivity index (χ1n) is 5.98. The molecule has 0 amide bonds. The Morgan fingerprint density at radius 2 is 1.94 bits per heavy atom. The van der Waals surface area contributed by atoms with Gasteiger partial charge in [-0.1, -0.05) is 57.0 Å². The zero-order valence-electron chi connectivity index (χ0n) is 10.4. The third-order valence-corrected chi connectivity index (χ3v) is 6.39. The first-order valence-corrected chi connectivity index (χ1v) is 9.72. The van der Waals surface area contributed by atoms with E-state index >= 15 is 0 Å². The Morgan fingerprint density at radius 3 is 2.50 bits per heavy atom. The highest BCUT2D eigenvalue weighted by molar-refractivity contribution is 9.10. The largest absolute Gasteiger partial charge is 0.229 e. The van der Waals surface area contributed by atoms with E-state index < -0.39 is 9.84 Å². The van der Waals surface area contributed by atoms with E-state index in [2.05, 4.69) is 37.9 Å². The van der Waals surface area contributed by atoms with E-state index in [0.717, 1.165) is 16.2 Å². The molecule has 18 heavy (non-hydrogen) atoms. The third-order valence-electron chi connectivity index (χ3n) is 2.96. The molecular formula is C13H18Br2O2S. The van der Waals surface area contributed by atoms with Crippen molar-refractivity contribution in [1.29, 1.82) is 0 Å². The topological polar surface area (TPSA) is 34.1 Å². The number of halogens is 2. The minimum atomic E-state index is -2.86. The Balaban J connectivity index is 2.61. The molecule has 1 aromatic carbocycles. The van der Waals surface area contributed by atoms with Crippen molar-refractivity contribution in [2.45, 2.75) is 19.8 Å². The van der Waals surface area contributed by atoms with Gasteiger partial charge in [-0.15, -0.1) is 0 Å². The molecule has 102 valence electrons. The van der Waals surface area contributed by atoms with Crippen molar-refractivity contribution in [2.75, 3.05) is 16.8 Å². The summed E-state index contributed by atoms with van der Waals surface area (Å²) >= 11 is 7.00. The van der Waals surface area contributed by atoms with Gasteiger partial charge in [0.15, 0.2) is 0 Å². The molecule has 2 nitrogen and oxygen atoms in total. The van der Waals surface area contributed by atoms with E-state index in [9.17, 15) is 8.42 Å². The molecule has 1 aromatic rings. The summed E-state index contributed by atoms with van der Waals surface area (Å²) in [6, 6.07) is 8.09. The molecule has 0 saturated heterocycles. The van der Waals surface area contributed by atoms with Crippen molar-refractivity contribution in [3.05, 3.63) is 34.3 Å². The highest BCUT2D eigenvalue weighted by Crippen LogP contribution is 2.22. The fourth-order valence-corrected chi connectivity index (χ4v) is 3.68. The summed E-state index contributed by atoms with van der Waals surface area (Å²) in [5.74, 6) is 0.867. The third kappa shape index (κ3) is 5.41. The van der Waals surface area contributed by atoms with Crippen LogP contribution in [0.25, 0.3) is 0 Å². The minimum Gasteiger partial charge on any atom is -0.229 e. The van der Waals surface area contributed by atoms with Crippen molar-refractivity contribution < 1.29 is 8.42 Å². The summed E-state index contributed by atoms with van der Waals surface area (Å²) in [4.78, 5) is 0. The van der Waals surface area contributed by atoms with Crippen LogP contribution in [0.15, 0.2) is 28.7 Å². The molecule has 5 heteroatoms. The minimum absolute atomic E-state index is 0.233. The maximum absolute atomic E-state index is 11.5. The van der Waals surface area contributed by atoms with E-state index in [1.165, 1.54) is 5.56 Å². The van der Waals surface area contributed by atoms with E-state index in [4.69, 9.17) is 0 Å². The molecule has 0 aliphatic carbocycles. The normalized spacial score (nSPS) is 13.5. The fraction of sp³-hybridized carbons (Fsp3) is 0.538. The first kappa shape index (κ1) is 16.2. The molecule has 0 fully saturated rings. The van der Waals surface area contributed by atoms with Crippen LogP contribution in [0.3, 0.4) is 0 Å². The van der Waals surface area contributed by atoms with Crippen molar-refractivity contribution in [2.24, 2.45) is 5.92 Å². The van der Waals surface area contributed by atoms with Crippen molar-refractivity contribution in [1.82, 2.24) is 0 Å². The molecule has 1 unspecified atom stereocenters. The molecule has 0 radical (unpaired) electrons. The number of benzene rings is 1. The maximum atomic E-state index is 11.5. The summed E-state index contributed by atoms with van der Waals surface area (Å²) in [7, 11) is -2.86. The summed E-state index contributed by atoms with van der Waals surface area (Å²) in [6.07, 6.45) is 1.61. The standard InChI is InChI=1S/C13H18Br2O2S/c1-2-18(16,17)8-7-11(10-14)9-12-5-3-4-6-13(12)15/h3-6,11H,2,7-10H2,1H3. The molecule has 0 heterocycles. The van der Waals surface area contributed by atoms with Gasteiger partial charge in [0.25, 0.3) is 0 Å². The summed E-state index contributed by atoms with van der Waals surface area (Å²) in [5.41, 5.74) is 1.23.